The van der Waals surface area contributed by atoms with Crippen molar-refractivity contribution in [2.75, 3.05) is 37.6 Å². The molecular formula is C20H28ClIN6O. The normalized spacial score (nSPS) is 14.7. The predicted molar refractivity (Wildman–Crippen MR) is 128 cm³/mol. The van der Waals surface area contributed by atoms with Gasteiger partial charge in [0.1, 0.15) is 6.54 Å². The standard InChI is InChI=1S/C20H27ClN6O.HI/c1-3-22-20(23-10-6-8-16-7-4-5-9-18(16)21)26-11-12-27(19(28)15-26)17-13-24-25(2)14-17;/h4-5,7,9,13-14H,3,6,8,10-12,15H2,1-2H3,(H,22,23);1H. The minimum Gasteiger partial charge on any atom is -0.357 e. The fraction of sp³-hybridized carbons (Fsp3) is 0.450. The van der Waals surface area contributed by atoms with Gasteiger partial charge in [-0.05, 0) is 31.4 Å². The summed E-state index contributed by atoms with van der Waals surface area (Å²) in [6, 6.07) is 7.91. The molecule has 9 heteroatoms. The van der Waals surface area contributed by atoms with Gasteiger partial charge in [0.2, 0.25) is 5.91 Å². The Kier molecular flexibility index (Phi) is 9.22. The van der Waals surface area contributed by atoms with Gasteiger partial charge >= 0.3 is 0 Å². The Morgan fingerprint density at radius 1 is 1.31 bits per heavy atom. The van der Waals surface area contributed by atoms with Crippen molar-refractivity contribution in [2.45, 2.75) is 19.8 Å². The summed E-state index contributed by atoms with van der Waals surface area (Å²) in [5.74, 6) is 0.849. The van der Waals surface area contributed by atoms with Gasteiger partial charge in [0.25, 0.3) is 0 Å². The highest BCUT2D eigenvalue weighted by atomic mass is 127. The second-order valence-corrected chi connectivity index (χ2v) is 7.18. The number of amides is 1. The molecule has 1 aromatic carbocycles. The quantitative estimate of drug-likeness (QED) is 0.270. The lowest BCUT2D eigenvalue weighted by atomic mass is 10.1. The van der Waals surface area contributed by atoms with Gasteiger partial charge in [0.05, 0.1) is 11.9 Å². The molecule has 3 rings (SSSR count). The number of carbonyl (C=O) groups is 1. The van der Waals surface area contributed by atoms with Crippen LogP contribution in [0.15, 0.2) is 41.7 Å². The van der Waals surface area contributed by atoms with Crippen LogP contribution < -0.4 is 10.2 Å². The lowest BCUT2D eigenvalue weighted by molar-refractivity contribution is -0.120. The third-order valence-electron chi connectivity index (χ3n) is 4.68. The fourth-order valence-corrected chi connectivity index (χ4v) is 3.49. The summed E-state index contributed by atoms with van der Waals surface area (Å²) >= 11 is 6.21. The van der Waals surface area contributed by atoms with Crippen LogP contribution in [-0.4, -0.2) is 59.3 Å². The van der Waals surface area contributed by atoms with Crippen molar-refractivity contribution in [3.8, 4) is 0 Å². The number of hydrogen-bond acceptors (Lipinski definition) is 3. The summed E-state index contributed by atoms with van der Waals surface area (Å²) in [6.45, 7) is 5.15. The van der Waals surface area contributed by atoms with E-state index in [1.165, 1.54) is 0 Å². The summed E-state index contributed by atoms with van der Waals surface area (Å²) in [6.07, 6.45) is 5.38. The highest BCUT2D eigenvalue weighted by Crippen LogP contribution is 2.17. The molecule has 1 fully saturated rings. The van der Waals surface area contributed by atoms with Crippen molar-refractivity contribution in [1.82, 2.24) is 20.0 Å². The molecule has 0 aliphatic carbocycles. The van der Waals surface area contributed by atoms with Gasteiger partial charge in [-0.1, -0.05) is 29.8 Å². The first kappa shape index (κ1) is 23.5. The van der Waals surface area contributed by atoms with Crippen LogP contribution in [0.5, 0.6) is 0 Å². The Morgan fingerprint density at radius 2 is 2.10 bits per heavy atom. The first-order chi connectivity index (χ1) is 13.6. The van der Waals surface area contributed by atoms with E-state index in [-0.39, 0.29) is 29.9 Å². The predicted octanol–water partition coefficient (Wildman–Crippen LogP) is 2.94. The summed E-state index contributed by atoms with van der Waals surface area (Å²) < 4.78 is 1.71. The van der Waals surface area contributed by atoms with E-state index in [1.807, 2.05) is 49.3 Å². The van der Waals surface area contributed by atoms with Gasteiger partial charge in [0, 0.05) is 44.4 Å². The number of aromatic nitrogens is 2. The lowest BCUT2D eigenvalue weighted by Gasteiger charge is -2.35. The molecule has 1 aromatic heterocycles. The Bertz CT molecular complexity index is 840. The van der Waals surface area contributed by atoms with Gasteiger partial charge in [-0.15, -0.1) is 24.0 Å². The maximum absolute atomic E-state index is 12.6. The number of carbonyl (C=O) groups excluding carboxylic acids is 1. The summed E-state index contributed by atoms with van der Waals surface area (Å²) in [5, 5.41) is 8.26. The molecule has 1 amide bonds. The van der Waals surface area contributed by atoms with E-state index in [0.717, 1.165) is 48.2 Å². The third kappa shape index (κ3) is 6.33. The van der Waals surface area contributed by atoms with E-state index < -0.39 is 0 Å². The molecule has 0 saturated carbocycles. The number of anilines is 1. The van der Waals surface area contributed by atoms with Crippen LogP contribution in [0.4, 0.5) is 5.69 Å². The summed E-state index contributed by atoms with van der Waals surface area (Å²) in [5.41, 5.74) is 1.98. The minimum atomic E-state index is 0. The number of hydrogen-bond donors (Lipinski definition) is 1. The van der Waals surface area contributed by atoms with Gasteiger partial charge in [-0.25, -0.2) is 0 Å². The minimum absolute atomic E-state index is 0. The molecule has 1 aliphatic rings. The molecule has 1 aliphatic heterocycles. The molecule has 0 bridgehead atoms. The SMILES string of the molecule is CCNC(=NCCCc1ccccc1Cl)N1CCN(c2cnn(C)c2)C(=O)C1.I. The molecule has 0 atom stereocenters. The smallest absolute Gasteiger partial charge is 0.246 e. The van der Waals surface area contributed by atoms with E-state index in [4.69, 9.17) is 16.6 Å². The van der Waals surface area contributed by atoms with E-state index >= 15 is 0 Å². The monoisotopic (exact) mass is 530 g/mol. The molecule has 0 unspecified atom stereocenters. The van der Waals surface area contributed by atoms with Crippen molar-refractivity contribution in [1.29, 1.82) is 0 Å². The average Bonchev–Trinajstić information content (AvgIpc) is 3.11. The molecule has 0 radical (unpaired) electrons. The molecule has 2 aromatic rings. The van der Waals surface area contributed by atoms with Crippen LogP contribution in [-0.2, 0) is 18.3 Å². The molecule has 1 saturated heterocycles. The van der Waals surface area contributed by atoms with Gasteiger partial charge in [0.15, 0.2) is 5.96 Å². The summed E-state index contributed by atoms with van der Waals surface area (Å²) in [4.78, 5) is 21.1. The average molecular weight is 531 g/mol. The second kappa shape index (κ2) is 11.4. The first-order valence-electron chi connectivity index (χ1n) is 9.64. The molecule has 7 nitrogen and oxygen atoms in total. The third-order valence-corrected chi connectivity index (χ3v) is 5.05. The second-order valence-electron chi connectivity index (χ2n) is 6.77. The highest BCUT2D eigenvalue weighted by Gasteiger charge is 2.27. The number of guanidine groups is 1. The number of aliphatic imine (C=N–C) groups is 1. The van der Waals surface area contributed by atoms with Crippen molar-refractivity contribution < 1.29 is 4.79 Å². The van der Waals surface area contributed by atoms with Crippen LogP contribution in [0, 0.1) is 0 Å². The fourth-order valence-electron chi connectivity index (χ4n) is 3.26. The number of aryl methyl sites for hydroxylation is 2. The number of nitrogens with one attached hydrogen (secondary N) is 1. The Balaban J connectivity index is 0.00000300. The van der Waals surface area contributed by atoms with Crippen molar-refractivity contribution >= 4 is 53.1 Å². The highest BCUT2D eigenvalue weighted by molar-refractivity contribution is 14.0. The molecule has 2 heterocycles. The zero-order valence-corrected chi connectivity index (χ0v) is 19.9. The van der Waals surface area contributed by atoms with E-state index in [2.05, 4.69) is 10.4 Å². The van der Waals surface area contributed by atoms with Crippen LogP contribution >= 0.6 is 35.6 Å². The molecule has 29 heavy (non-hydrogen) atoms. The van der Waals surface area contributed by atoms with Crippen LogP contribution in [0.2, 0.25) is 5.02 Å². The lowest BCUT2D eigenvalue weighted by Crippen LogP contribution is -2.55. The summed E-state index contributed by atoms with van der Waals surface area (Å²) in [7, 11) is 1.85. The first-order valence-corrected chi connectivity index (χ1v) is 10.0. The zero-order chi connectivity index (χ0) is 19.9. The maximum Gasteiger partial charge on any atom is 0.246 e. The molecule has 1 N–H and O–H groups in total. The number of rotatable bonds is 6. The number of benzene rings is 1. The van der Waals surface area contributed by atoms with Crippen LogP contribution in [0.1, 0.15) is 18.9 Å². The van der Waals surface area contributed by atoms with Crippen LogP contribution in [0.3, 0.4) is 0 Å². The van der Waals surface area contributed by atoms with Crippen molar-refractivity contribution in [3.63, 3.8) is 0 Å². The topological polar surface area (TPSA) is 65.8 Å². The van der Waals surface area contributed by atoms with Crippen molar-refractivity contribution in [2.24, 2.45) is 12.0 Å². The Morgan fingerprint density at radius 3 is 2.76 bits per heavy atom. The zero-order valence-electron chi connectivity index (χ0n) is 16.8. The molecular weight excluding hydrogens is 503 g/mol. The Hall–Kier alpha value is -1.81. The van der Waals surface area contributed by atoms with Crippen molar-refractivity contribution in [3.05, 3.63) is 47.2 Å². The van der Waals surface area contributed by atoms with E-state index in [1.54, 1.807) is 15.8 Å². The number of piperazine rings is 1. The maximum atomic E-state index is 12.6. The molecule has 158 valence electrons. The molecule has 0 spiro atoms. The van der Waals surface area contributed by atoms with E-state index in [9.17, 15) is 4.79 Å². The van der Waals surface area contributed by atoms with Gasteiger partial charge < -0.3 is 15.1 Å². The van der Waals surface area contributed by atoms with E-state index in [0.29, 0.717) is 19.6 Å². The number of halogens is 2. The van der Waals surface area contributed by atoms with Gasteiger partial charge in [-0.2, -0.15) is 5.10 Å². The number of nitrogens with zero attached hydrogens (tertiary/aromatic N) is 5. The van der Waals surface area contributed by atoms with Crippen LogP contribution in [0.25, 0.3) is 0 Å². The largest absolute Gasteiger partial charge is 0.357 e. The Labute approximate surface area is 194 Å². The van der Waals surface area contributed by atoms with Gasteiger partial charge in [-0.3, -0.25) is 14.5 Å².